The minimum atomic E-state index is 0. The lowest BCUT2D eigenvalue weighted by molar-refractivity contribution is 0.775. The highest BCUT2D eigenvalue weighted by atomic mass is 35.5. The van der Waals surface area contributed by atoms with Crippen LogP contribution in [0.1, 0.15) is 24.4 Å². The number of pyridine rings is 1. The number of aryl methyl sites for hydroxylation is 1. The molecule has 1 aromatic rings. The molecule has 11 heavy (non-hydrogen) atoms. The Balaban J connectivity index is 0.000001000. The molecule has 3 heteroatoms. The van der Waals surface area contributed by atoms with Crippen LogP contribution in [0.4, 0.5) is 0 Å². The molecule has 62 valence electrons. The number of halogens is 1. The van der Waals surface area contributed by atoms with Gasteiger partial charge in [0.15, 0.2) is 0 Å². The molecular weight excluding hydrogens is 160 g/mol. The second kappa shape index (κ2) is 4.31. The summed E-state index contributed by atoms with van der Waals surface area (Å²) in [4.78, 5) is 4.25. The van der Waals surface area contributed by atoms with Gasteiger partial charge in [-0.05, 0) is 26.0 Å². The third-order valence-corrected chi connectivity index (χ3v) is 1.38. The first-order chi connectivity index (χ1) is 4.70. The molecule has 0 bridgehead atoms. The van der Waals surface area contributed by atoms with Crippen molar-refractivity contribution in [1.29, 1.82) is 0 Å². The van der Waals surface area contributed by atoms with Crippen molar-refractivity contribution >= 4 is 12.4 Å². The highest BCUT2D eigenvalue weighted by Gasteiger charge is 1.98. The van der Waals surface area contributed by atoms with Crippen LogP contribution in [0.25, 0.3) is 0 Å². The van der Waals surface area contributed by atoms with Crippen LogP contribution in [0.15, 0.2) is 18.2 Å². The van der Waals surface area contributed by atoms with E-state index in [1.54, 1.807) is 0 Å². The minimum absolute atomic E-state index is 0. The molecule has 0 spiro atoms. The summed E-state index contributed by atoms with van der Waals surface area (Å²) in [6.45, 7) is 3.90. The van der Waals surface area contributed by atoms with Gasteiger partial charge < -0.3 is 5.73 Å². The maximum absolute atomic E-state index is 5.62. The number of aromatic nitrogens is 1. The molecule has 2 N–H and O–H groups in total. The highest BCUT2D eigenvalue weighted by molar-refractivity contribution is 5.85. The predicted octanol–water partition coefficient (Wildman–Crippen LogP) is 1.83. The molecule has 0 fully saturated rings. The molecule has 0 saturated carbocycles. The number of hydrogen-bond acceptors (Lipinski definition) is 2. The van der Waals surface area contributed by atoms with E-state index in [4.69, 9.17) is 5.73 Å². The van der Waals surface area contributed by atoms with Gasteiger partial charge in [0.05, 0.1) is 5.69 Å². The van der Waals surface area contributed by atoms with E-state index >= 15 is 0 Å². The Morgan fingerprint density at radius 3 is 2.45 bits per heavy atom. The van der Waals surface area contributed by atoms with Crippen molar-refractivity contribution in [2.75, 3.05) is 0 Å². The van der Waals surface area contributed by atoms with Crippen LogP contribution in [0.5, 0.6) is 0 Å². The fraction of sp³-hybridized carbons (Fsp3) is 0.375. The molecule has 0 aliphatic heterocycles. The van der Waals surface area contributed by atoms with Crippen LogP contribution in [0, 0.1) is 6.92 Å². The molecule has 0 aromatic carbocycles. The molecule has 1 heterocycles. The zero-order valence-electron chi connectivity index (χ0n) is 6.74. The van der Waals surface area contributed by atoms with Crippen LogP contribution < -0.4 is 5.73 Å². The van der Waals surface area contributed by atoms with Gasteiger partial charge in [0, 0.05) is 11.7 Å². The molecule has 2 nitrogen and oxygen atoms in total. The first kappa shape index (κ1) is 10.4. The molecular formula is C8H13ClN2. The number of rotatable bonds is 1. The van der Waals surface area contributed by atoms with Gasteiger partial charge in [-0.15, -0.1) is 12.4 Å². The summed E-state index contributed by atoms with van der Waals surface area (Å²) in [6, 6.07) is 5.92. The summed E-state index contributed by atoms with van der Waals surface area (Å²) in [5, 5.41) is 0. The number of nitrogens with two attached hydrogens (primary N) is 1. The third-order valence-electron chi connectivity index (χ3n) is 1.38. The van der Waals surface area contributed by atoms with Gasteiger partial charge in [-0.2, -0.15) is 0 Å². The summed E-state index contributed by atoms with van der Waals surface area (Å²) in [5.41, 5.74) is 7.60. The topological polar surface area (TPSA) is 38.9 Å². The predicted molar refractivity (Wildman–Crippen MR) is 48.8 cm³/mol. The van der Waals surface area contributed by atoms with Crippen molar-refractivity contribution in [3.8, 4) is 0 Å². The van der Waals surface area contributed by atoms with Gasteiger partial charge in [-0.1, -0.05) is 6.07 Å². The largest absolute Gasteiger partial charge is 0.323 e. The van der Waals surface area contributed by atoms with Gasteiger partial charge >= 0.3 is 0 Å². The summed E-state index contributed by atoms with van der Waals surface area (Å²) in [6.07, 6.45) is 0. The Morgan fingerprint density at radius 2 is 2.09 bits per heavy atom. The van der Waals surface area contributed by atoms with E-state index in [0.717, 1.165) is 11.4 Å². The fourth-order valence-electron chi connectivity index (χ4n) is 0.818. The monoisotopic (exact) mass is 172 g/mol. The van der Waals surface area contributed by atoms with E-state index in [-0.39, 0.29) is 18.4 Å². The molecule has 0 saturated heterocycles. The molecule has 1 rings (SSSR count). The Morgan fingerprint density at radius 1 is 1.45 bits per heavy atom. The van der Waals surface area contributed by atoms with Crippen molar-refractivity contribution in [3.63, 3.8) is 0 Å². The average molecular weight is 173 g/mol. The van der Waals surface area contributed by atoms with Crippen molar-refractivity contribution < 1.29 is 0 Å². The van der Waals surface area contributed by atoms with Gasteiger partial charge in [-0.25, -0.2) is 0 Å². The molecule has 1 atom stereocenters. The van der Waals surface area contributed by atoms with Gasteiger partial charge in [0.1, 0.15) is 0 Å². The summed E-state index contributed by atoms with van der Waals surface area (Å²) in [5.74, 6) is 0. The van der Waals surface area contributed by atoms with E-state index in [1.165, 1.54) is 0 Å². The lowest BCUT2D eigenvalue weighted by Crippen LogP contribution is -2.07. The Labute approximate surface area is 73.2 Å². The standard InChI is InChI=1S/C8H12N2.ClH/c1-6-4-3-5-8(10-6)7(2)9;/h3-5,7H,9H2,1-2H3;1H. The maximum atomic E-state index is 5.62. The first-order valence-corrected chi connectivity index (χ1v) is 3.39. The van der Waals surface area contributed by atoms with Crippen molar-refractivity contribution in [1.82, 2.24) is 4.98 Å². The van der Waals surface area contributed by atoms with E-state index in [9.17, 15) is 0 Å². The zero-order valence-corrected chi connectivity index (χ0v) is 7.56. The van der Waals surface area contributed by atoms with Crippen LogP contribution in [0.2, 0.25) is 0 Å². The average Bonchev–Trinajstić information content (AvgIpc) is 1.88. The Bertz CT molecular complexity index is 223. The van der Waals surface area contributed by atoms with Crippen molar-refractivity contribution in [2.24, 2.45) is 5.73 Å². The Kier molecular flexibility index (Phi) is 4.08. The maximum Gasteiger partial charge on any atom is 0.0571 e. The molecule has 0 radical (unpaired) electrons. The van der Waals surface area contributed by atoms with Crippen molar-refractivity contribution in [3.05, 3.63) is 29.6 Å². The van der Waals surface area contributed by atoms with Gasteiger partial charge in [-0.3, -0.25) is 4.98 Å². The third kappa shape index (κ3) is 2.87. The SMILES string of the molecule is Cc1cccc(C(C)N)n1.Cl. The van der Waals surface area contributed by atoms with Crippen molar-refractivity contribution in [2.45, 2.75) is 19.9 Å². The number of nitrogens with zero attached hydrogens (tertiary/aromatic N) is 1. The van der Waals surface area contributed by atoms with Gasteiger partial charge in [0.25, 0.3) is 0 Å². The van der Waals surface area contributed by atoms with E-state index in [0.29, 0.717) is 0 Å². The van der Waals surface area contributed by atoms with Crippen LogP contribution >= 0.6 is 12.4 Å². The Hall–Kier alpha value is -0.600. The normalized spacial score (nSPS) is 11.9. The van der Waals surface area contributed by atoms with Gasteiger partial charge in [0.2, 0.25) is 0 Å². The minimum Gasteiger partial charge on any atom is -0.323 e. The molecule has 0 aliphatic carbocycles. The fourth-order valence-corrected chi connectivity index (χ4v) is 0.818. The first-order valence-electron chi connectivity index (χ1n) is 3.39. The quantitative estimate of drug-likeness (QED) is 0.702. The second-order valence-electron chi connectivity index (χ2n) is 2.49. The molecule has 0 aliphatic rings. The summed E-state index contributed by atoms with van der Waals surface area (Å²) >= 11 is 0. The molecule has 1 aromatic heterocycles. The van der Waals surface area contributed by atoms with E-state index < -0.39 is 0 Å². The molecule has 1 unspecified atom stereocenters. The van der Waals surface area contributed by atoms with E-state index in [2.05, 4.69) is 4.98 Å². The molecule has 0 amide bonds. The van der Waals surface area contributed by atoms with Crippen LogP contribution in [-0.4, -0.2) is 4.98 Å². The zero-order chi connectivity index (χ0) is 7.56. The highest BCUT2D eigenvalue weighted by Crippen LogP contribution is 2.05. The summed E-state index contributed by atoms with van der Waals surface area (Å²) < 4.78 is 0. The second-order valence-corrected chi connectivity index (χ2v) is 2.49. The number of hydrogen-bond donors (Lipinski definition) is 1. The van der Waals surface area contributed by atoms with Crippen LogP contribution in [0.3, 0.4) is 0 Å². The van der Waals surface area contributed by atoms with E-state index in [1.807, 2.05) is 32.0 Å². The lowest BCUT2D eigenvalue weighted by Gasteiger charge is -2.03. The lowest BCUT2D eigenvalue weighted by atomic mass is 10.2. The summed E-state index contributed by atoms with van der Waals surface area (Å²) in [7, 11) is 0. The smallest absolute Gasteiger partial charge is 0.0571 e. The van der Waals surface area contributed by atoms with Crippen LogP contribution in [-0.2, 0) is 0 Å².